The standard InChI is InChI=1S/C17H25N3O/c21-17-16(6-2-3-11-18-17)19-14-7-9-15(10-8-14)20-12-4-1-5-13-20/h7-10,16,19H,1-6,11-13H2,(H,18,21)/t16-/m1/s1. The van der Waals surface area contributed by atoms with Crippen LogP contribution in [-0.4, -0.2) is 31.6 Å². The van der Waals surface area contributed by atoms with Crippen molar-refractivity contribution in [3.8, 4) is 0 Å². The second-order valence-electron chi connectivity index (χ2n) is 6.08. The van der Waals surface area contributed by atoms with E-state index in [0.29, 0.717) is 0 Å². The molecule has 4 nitrogen and oxygen atoms in total. The van der Waals surface area contributed by atoms with Gasteiger partial charge in [0.25, 0.3) is 0 Å². The lowest BCUT2D eigenvalue weighted by Gasteiger charge is -2.29. The van der Waals surface area contributed by atoms with Gasteiger partial charge in [-0.2, -0.15) is 0 Å². The van der Waals surface area contributed by atoms with Crippen LogP contribution in [0.1, 0.15) is 38.5 Å². The largest absolute Gasteiger partial charge is 0.374 e. The Balaban J connectivity index is 1.62. The van der Waals surface area contributed by atoms with Gasteiger partial charge in [0.05, 0.1) is 0 Å². The number of carbonyl (C=O) groups is 1. The van der Waals surface area contributed by atoms with E-state index < -0.39 is 0 Å². The summed E-state index contributed by atoms with van der Waals surface area (Å²) in [4.78, 5) is 14.4. The molecule has 1 amide bonds. The van der Waals surface area contributed by atoms with Gasteiger partial charge in [-0.25, -0.2) is 0 Å². The van der Waals surface area contributed by atoms with Crippen molar-refractivity contribution in [2.45, 2.75) is 44.6 Å². The smallest absolute Gasteiger partial charge is 0.242 e. The Kier molecular flexibility index (Phi) is 4.63. The average molecular weight is 287 g/mol. The van der Waals surface area contributed by atoms with Gasteiger partial charge in [0.2, 0.25) is 5.91 Å². The van der Waals surface area contributed by atoms with E-state index in [0.717, 1.165) is 44.6 Å². The third-order valence-electron chi connectivity index (χ3n) is 4.46. The van der Waals surface area contributed by atoms with E-state index in [-0.39, 0.29) is 11.9 Å². The molecule has 0 aromatic heterocycles. The summed E-state index contributed by atoms with van der Waals surface area (Å²) in [6, 6.07) is 8.45. The van der Waals surface area contributed by atoms with E-state index in [1.807, 2.05) is 0 Å². The van der Waals surface area contributed by atoms with E-state index in [9.17, 15) is 4.79 Å². The number of piperidine rings is 1. The monoisotopic (exact) mass is 287 g/mol. The molecule has 2 aliphatic rings. The van der Waals surface area contributed by atoms with Gasteiger partial charge < -0.3 is 15.5 Å². The average Bonchev–Trinajstić information content (AvgIpc) is 2.74. The number of rotatable bonds is 3. The fourth-order valence-electron chi connectivity index (χ4n) is 3.20. The minimum absolute atomic E-state index is 0.0895. The third-order valence-corrected chi connectivity index (χ3v) is 4.46. The maximum atomic E-state index is 12.0. The lowest BCUT2D eigenvalue weighted by atomic mass is 10.1. The minimum atomic E-state index is -0.0895. The molecule has 1 atom stereocenters. The van der Waals surface area contributed by atoms with Crippen LogP contribution in [0, 0.1) is 0 Å². The van der Waals surface area contributed by atoms with Crippen LogP contribution in [0.25, 0.3) is 0 Å². The van der Waals surface area contributed by atoms with Gasteiger partial charge in [-0.05, 0) is 62.8 Å². The molecule has 2 aliphatic heterocycles. The molecule has 0 aliphatic carbocycles. The molecule has 1 aromatic carbocycles. The molecule has 3 rings (SSSR count). The summed E-state index contributed by atoms with van der Waals surface area (Å²) in [6.07, 6.45) is 7.04. The van der Waals surface area contributed by atoms with Crippen molar-refractivity contribution in [1.82, 2.24) is 5.32 Å². The highest BCUT2D eigenvalue weighted by Crippen LogP contribution is 2.22. The fourth-order valence-corrected chi connectivity index (χ4v) is 3.20. The zero-order chi connectivity index (χ0) is 14.5. The molecular weight excluding hydrogens is 262 g/mol. The Morgan fingerprint density at radius 2 is 1.76 bits per heavy atom. The summed E-state index contributed by atoms with van der Waals surface area (Å²) in [7, 11) is 0. The van der Waals surface area contributed by atoms with Crippen LogP contribution in [0.2, 0.25) is 0 Å². The van der Waals surface area contributed by atoms with Gasteiger partial charge in [0, 0.05) is 31.0 Å². The summed E-state index contributed by atoms with van der Waals surface area (Å²) < 4.78 is 0. The number of hydrogen-bond donors (Lipinski definition) is 2. The number of hydrogen-bond acceptors (Lipinski definition) is 3. The van der Waals surface area contributed by atoms with Crippen LogP contribution < -0.4 is 15.5 Å². The van der Waals surface area contributed by atoms with Crippen molar-refractivity contribution in [2.75, 3.05) is 29.9 Å². The van der Waals surface area contributed by atoms with Crippen molar-refractivity contribution in [2.24, 2.45) is 0 Å². The van der Waals surface area contributed by atoms with Crippen LogP contribution in [-0.2, 0) is 4.79 Å². The van der Waals surface area contributed by atoms with Crippen LogP contribution in [0.5, 0.6) is 0 Å². The highest BCUT2D eigenvalue weighted by atomic mass is 16.2. The summed E-state index contributed by atoms with van der Waals surface area (Å²) in [5.74, 6) is 0.132. The van der Waals surface area contributed by atoms with Crippen molar-refractivity contribution in [3.63, 3.8) is 0 Å². The summed E-state index contributed by atoms with van der Waals surface area (Å²) in [5.41, 5.74) is 2.34. The first-order valence-electron chi connectivity index (χ1n) is 8.22. The highest BCUT2D eigenvalue weighted by molar-refractivity contribution is 5.84. The first kappa shape index (κ1) is 14.2. The number of carbonyl (C=O) groups excluding carboxylic acids is 1. The molecule has 1 aromatic rings. The van der Waals surface area contributed by atoms with Crippen molar-refractivity contribution >= 4 is 17.3 Å². The van der Waals surface area contributed by atoms with Crippen molar-refractivity contribution in [1.29, 1.82) is 0 Å². The molecular formula is C17H25N3O. The summed E-state index contributed by atoms with van der Waals surface area (Å²) >= 11 is 0. The Morgan fingerprint density at radius 3 is 2.52 bits per heavy atom. The molecule has 2 saturated heterocycles. The first-order chi connectivity index (χ1) is 10.3. The van der Waals surface area contributed by atoms with Gasteiger partial charge >= 0.3 is 0 Å². The van der Waals surface area contributed by atoms with Crippen molar-refractivity contribution < 1.29 is 4.79 Å². The maximum absolute atomic E-state index is 12.0. The van der Waals surface area contributed by atoms with Crippen LogP contribution in [0.3, 0.4) is 0 Å². The molecule has 114 valence electrons. The molecule has 2 N–H and O–H groups in total. The summed E-state index contributed by atoms with van der Waals surface area (Å²) in [6.45, 7) is 3.14. The minimum Gasteiger partial charge on any atom is -0.374 e. The molecule has 0 saturated carbocycles. The Morgan fingerprint density at radius 1 is 1.00 bits per heavy atom. The number of nitrogens with zero attached hydrogens (tertiary/aromatic N) is 1. The molecule has 2 fully saturated rings. The van der Waals surface area contributed by atoms with E-state index in [1.54, 1.807) is 0 Å². The Labute approximate surface area is 126 Å². The lowest BCUT2D eigenvalue weighted by molar-refractivity contribution is -0.121. The normalized spacial score (nSPS) is 23.3. The van der Waals surface area contributed by atoms with E-state index >= 15 is 0 Å². The highest BCUT2D eigenvalue weighted by Gasteiger charge is 2.20. The Bertz CT molecular complexity index is 465. The number of benzene rings is 1. The maximum Gasteiger partial charge on any atom is 0.242 e. The Hall–Kier alpha value is -1.71. The summed E-state index contributed by atoms with van der Waals surface area (Å²) in [5, 5.41) is 6.34. The number of nitrogens with one attached hydrogen (secondary N) is 2. The fraction of sp³-hybridized carbons (Fsp3) is 0.588. The topological polar surface area (TPSA) is 44.4 Å². The first-order valence-corrected chi connectivity index (χ1v) is 8.22. The second-order valence-corrected chi connectivity index (χ2v) is 6.08. The number of amides is 1. The number of anilines is 2. The lowest BCUT2D eigenvalue weighted by Crippen LogP contribution is -2.37. The van der Waals surface area contributed by atoms with Gasteiger partial charge in [0.1, 0.15) is 6.04 Å². The third kappa shape index (κ3) is 3.69. The quantitative estimate of drug-likeness (QED) is 0.898. The van der Waals surface area contributed by atoms with E-state index in [4.69, 9.17) is 0 Å². The zero-order valence-electron chi connectivity index (χ0n) is 12.6. The van der Waals surface area contributed by atoms with Gasteiger partial charge in [-0.1, -0.05) is 0 Å². The van der Waals surface area contributed by atoms with Gasteiger partial charge in [-0.3, -0.25) is 4.79 Å². The molecule has 0 bridgehead atoms. The van der Waals surface area contributed by atoms with Crippen LogP contribution >= 0.6 is 0 Å². The second kappa shape index (κ2) is 6.83. The molecule has 0 unspecified atom stereocenters. The van der Waals surface area contributed by atoms with Crippen LogP contribution in [0.4, 0.5) is 11.4 Å². The SMILES string of the molecule is O=C1NCCCC[C@H]1Nc1ccc(N2CCCCC2)cc1. The zero-order valence-corrected chi connectivity index (χ0v) is 12.6. The van der Waals surface area contributed by atoms with Gasteiger partial charge in [-0.15, -0.1) is 0 Å². The van der Waals surface area contributed by atoms with E-state index in [2.05, 4.69) is 39.8 Å². The van der Waals surface area contributed by atoms with E-state index in [1.165, 1.54) is 24.9 Å². The van der Waals surface area contributed by atoms with Gasteiger partial charge in [0.15, 0.2) is 0 Å². The molecule has 2 heterocycles. The van der Waals surface area contributed by atoms with Crippen LogP contribution in [0.15, 0.2) is 24.3 Å². The molecule has 4 heteroatoms. The van der Waals surface area contributed by atoms with Crippen molar-refractivity contribution in [3.05, 3.63) is 24.3 Å². The molecule has 0 spiro atoms. The molecule has 0 radical (unpaired) electrons. The molecule has 21 heavy (non-hydrogen) atoms. The predicted octanol–water partition coefficient (Wildman–Crippen LogP) is 2.76. The predicted molar refractivity (Wildman–Crippen MR) is 86.8 cm³/mol.